The highest BCUT2D eigenvalue weighted by Gasteiger charge is 2.30. The number of aromatic nitrogens is 2. The molecule has 3 aromatic rings. The monoisotopic (exact) mass is 415 g/mol. The maximum atomic E-state index is 12.6. The highest BCUT2D eigenvalue weighted by atomic mass is 35.5. The van der Waals surface area contributed by atoms with Gasteiger partial charge in [-0.05, 0) is 23.8 Å². The third-order valence-corrected chi connectivity index (χ3v) is 6.14. The normalized spacial score (nSPS) is 17.8. The minimum absolute atomic E-state index is 0.0821. The first kappa shape index (κ1) is 18.8. The van der Waals surface area contributed by atoms with Crippen molar-refractivity contribution in [1.82, 2.24) is 19.8 Å². The van der Waals surface area contributed by atoms with Crippen LogP contribution in [0.2, 0.25) is 5.02 Å². The molecule has 0 radical (unpaired) electrons. The van der Waals surface area contributed by atoms with E-state index >= 15 is 0 Å². The third-order valence-electron chi connectivity index (χ3n) is 4.87. The van der Waals surface area contributed by atoms with Crippen LogP contribution in [0.15, 0.2) is 36.0 Å². The lowest BCUT2D eigenvalue weighted by Crippen LogP contribution is -2.54. The number of fused-ring (bicyclic) bond motifs is 1. The Kier molecular flexibility index (Phi) is 5.25. The number of aldehydes is 1. The Bertz CT molecular complexity index is 1040. The zero-order valence-corrected chi connectivity index (χ0v) is 16.5. The fourth-order valence-electron chi connectivity index (χ4n) is 3.39. The van der Waals surface area contributed by atoms with Crippen LogP contribution in [0.25, 0.3) is 10.9 Å². The molecule has 1 amide bonds. The molecule has 4 rings (SSSR count). The van der Waals surface area contributed by atoms with Crippen LogP contribution >= 0.6 is 22.9 Å². The first-order valence-electron chi connectivity index (χ1n) is 8.77. The molecule has 1 atom stereocenters. The Hall–Kier alpha value is -2.55. The maximum absolute atomic E-state index is 12.6. The van der Waals surface area contributed by atoms with Crippen LogP contribution in [0.4, 0.5) is 5.82 Å². The van der Waals surface area contributed by atoms with Crippen LogP contribution < -0.4 is 5.73 Å². The van der Waals surface area contributed by atoms with Gasteiger partial charge in [0.15, 0.2) is 0 Å². The molecule has 1 saturated heterocycles. The van der Waals surface area contributed by atoms with Crippen molar-refractivity contribution in [1.29, 1.82) is 0 Å². The molecule has 3 heterocycles. The van der Waals surface area contributed by atoms with Crippen LogP contribution in [-0.4, -0.2) is 57.6 Å². The molecule has 1 aliphatic heterocycles. The van der Waals surface area contributed by atoms with Crippen molar-refractivity contribution < 1.29 is 9.59 Å². The maximum Gasteiger partial charge on any atom is 0.264 e. The van der Waals surface area contributed by atoms with Gasteiger partial charge in [-0.15, -0.1) is 11.3 Å². The number of halogens is 1. The first-order valence-corrected chi connectivity index (χ1v) is 10.0. The van der Waals surface area contributed by atoms with Crippen molar-refractivity contribution in [3.05, 3.63) is 51.4 Å². The summed E-state index contributed by atoms with van der Waals surface area (Å²) in [6.07, 6.45) is 2.35. The Balaban J connectivity index is 1.47. The number of benzene rings is 1. The molecule has 0 bridgehead atoms. The lowest BCUT2D eigenvalue weighted by Gasteiger charge is -2.38. The molecule has 7 nitrogen and oxygen atoms in total. The summed E-state index contributed by atoms with van der Waals surface area (Å²) in [5.74, 6) is 0.365. The van der Waals surface area contributed by atoms with Crippen LogP contribution in [0.5, 0.6) is 0 Å². The summed E-state index contributed by atoms with van der Waals surface area (Å²) in [5, 5.41) is 3.10. The van der Waals surface area contributed by atoms with E-state index in [9.17, 15) is 9.59 Å². The lowest BCUT2D eigenvalue weighted by molar-refractivity contribution is -0.114. The fraction of sp³-hybridized carbons (Fsp3) is 0.263. The van der Waals surface area contributed by atoms with Gasteiger partial charge >= 0.3 is 0 Å². The van der Waals surface area contributed by atoms with E-state index in [0.717, 1.165) is 22.8 Å². The van der Waals surface area contributed by atoms with Gasteiger partial charge in [0, 0.05) is 36.9 Å². The number of hydrogen-bond acceptors (Lipinski definition) is 7. The topological polar surface area (TPSA) is 92.4 Å². The molecule has 1 aromatic carbocycles. The highest BCUT2D eigenvalue weighted by molar-refractivity contribution is 7.12. The number of nitrogen functional groups attached to an aromatic ring is 1. The summed E-state index contributed by atoms with van der Waals surface area (Å²) in [5.41, 5.74) is 7.68. The summed E-state index contributed by atoms with van der Waals surface area (Å²) < 4.78 is 0. The van der Waals surface area contributed by atoms with Crippen LogP contribution in [0.3, 0.4) is 0 Å². The third kappa shape index (κ3) is 3.71. The summed E-state index contributed by atoms with van der Waals surface area (Å²) >= 11 is 7.24. The van der Waals surface area contributed by atoms with Crippen molar-refractivity contribution >= 4 is 51.9 Å². The zero-order chi connectivity index (χ0) is 19.7. The summed E-state index contributed by atoms with van der Waals surface area (Å²) in [6, 6.07) is 7.13. The number of rotatable bonds is 4. The zero-order valence-electron chi connectivity index (χ0n) is 14.9. The molecule has 0 spiro atoms. The molecule has 1 unspecified atom stereocenters. The molecule has 9 heteroatoms. The predicted molar refractivity (Wildman–Crippen MR) is 109 cm³/mol. The Morgan fingerprint density at radius 2 is 2.18 bits per heavy atom. The van der Waals surface area contributed by atoms with Crippen molar-refractivity contribution in [3.63, 3.8) is 0 Å². The minimum Gasteiger partial charge on any atom is -0.383 e. The molecule has 1 aliphatic rings. The number of carbonyl (C=O) groups excluding carboxylic acids is 2. The number of thiophene rings is 1. The van der Waals surface area contributed by atoms with E-state index in [1.165, 1.54) is 17.7 Å². The number of anilines is 1. The van der Waals surface area contributed by atoms with Crippen LogP contribution in [0, 0.1) is 0 Å². The second kappa shape index (κ2) is 7.83. The summed E-state index contributed by atoms with van der Waals surface area (Å²) in [7, 11) is 0. The molecule has 0 saturated carbocycles. The molecule has 28 heavy (non-hydrogen) atoms. The van der Waals surface area contributed by atoms with E-state index in [1.54, 1.807) is 16.3 Å². The Labute approximate surface area is 170 Å². The smallest absolute Gasteiger partial charge is 0.264 e. The molecule has 144 valence electrons. The standard InChI is InChI=1S/C19H18ClN5O2S/c20-13-6-17(28-10-13)19(27)25-4-3-24(14(8-25)9-26)7-12-1-2-15-16(5-12)22-11-23-18(15)21/h1-2,5-6,9-11,14H,3-4,7-8H2,(H2,21,22,23). The first-order chi connectivity index (χ1) is 13.5. The average molecular weight is 416 g/mol. The Morgan fingerprint density at radius 3 is 2.93 bits per heavy atom. The second-order valence-corrected chi connectivity index (χ2v) is 8.01. The average Bonchev–Trinajstić information content (AvgIpc) is 3.14. The van der Waals surface area contributed by atoms with Gasteiger partial charge in [0.05, 0.1) is 21.5 Å². The van der Waals surface area contributed by atoms with Gasteiger partial charge in [0.25, 0.3) is 5.91 Å². The molecular formula is C19H18ClN5O2S. The number of piperazine rings is 1. The van der Waals surface area contributed by atoms with Gasteiger partial charge in [-0.1, -0.05) is 17.7 Å². The van der Waals surface area contributed by atoms with Crippen molar-refractivity contribution in [3.8, 4) is 0 Å². The predicted octanol–water partition coefficient (Wildman–Crippen LogP) is 2.45. The molecule has 2 N–H and O–H groups in total. The van der Waals surface area contributed by atoms with E-state index in [4.69, 9.17) is 17.3 Å². The van der Waals surface area contributed by atoms with Crippen LogP contribution in [0.1, 0.15) is 15.2 Å². The number of carbonyl (C=O) groups is 2. The quantitative estimate of drug-likeness (QED) is 0.658. The summed E-state index contributed by atoms with van der Waals surface area (Å²) in [4.78, 5) is 37.0. The van der Waals surface area contributed by atoms with Gasteiger partial charge in [-0.3, -0.25) is 9.69 Å². The largest absolute Gasteiger partial charge is 0.383 e. The van der Waals surface area contributed by atoms with Gasteiger partial charge in [0.2, 0.25) is 0 Å². The number of nitrogens with zero attached hydrogens (tertiary/aromatic N) is 4. The van der Waals surface area contributed by atoms with Gasteiger partial charge in [0.1, 0.15) is 18.4 Å². The lowest BCUT2D eigenvalue weighted by atomic mass is 10.1. The van der Waals surface area contributed by atoms with Crippen LogP contribution in [-0.2, 0) is 11.3 Å². The summed E-state index contributed by atoms with van der Waals surface area (Å²) in [6.45, 7) is 2.12. The number of nitrogens with two attached hydrogens (primary N) is 1. The van der Waals surface area contributed by atoms with E-state index in [0.29, 0.717) is 41.9 Å². The Morgan fingerprint density at radius 1 is 1.32 bits per heavy atom. The molecule has 0 aliphatic carbocycles. The molecular weight excluding hydrogens is 398 g/mol. The van der Waals surface area contributed by atoms with Crippen molar-refractivity contribution in [2.75, 3.05) is 25.4 Å². The van der Waals surface area contributed by atoms with Crippen molar-refractivity contribution in [2.45, 2.75) is 12.6 Å². The van der Waals surface area contributed by atoms with E-state index in [1.807, 2.05) is 18.2 Å². The van der Waals surface area contributed by atoms with E-state index in [2.05, 4.69) is 14.9 Å². The van der Waals surface area contributed by atoms with Gasteiger partial charge in [-0.25, -0.2) is 9.97 Å². The van der Waals surface area contributed by atoms with Gasteiger partial charge in [-0.2, -0.15) is 0 Å². The van der Waals surface area contributed by atoms with E-state index in [-0.39, 0.29) is 11.9 Å². The molecule has 2 aromatic heterocycles. The minimum atomic E-state index is -0.362. The SMILES string of the molecule is Nc1ncnc2cc(CN3CCN(C(=O)c4cc(Cl)cs4)CC3C=O)ccc12. The number of amides is 1. The second-order valence-electron chi connectivity index (χ2n) is 6.66. The van der Waals surface area contributed by atoms with Gasteiger partial charge < -0.3 is 15.4 Å². The highest BCUT2D eigenvalue weighted by Crippen LogP contribution is 2.23. The molecule has 1 fully saturated rings. The fourth-order valence-corrected chi connectivity index (χ4v) is 4.43. The van der Waals surface area contributed by atoms with E-state index < -0.39 is 0 Å². The van der Waals surface area contributed by atoms with Crippen molar-refractivity contribution in [2.24, 2.45) is 0 Å². The number of hydrogen-bond donors (Lipinski definition) is 1.